The maximum Gasteiger partial charge on any atom is 0.144 e. The van der Waals surface area contributed by atoms with E-state index in [4.69, 9.17) is 5.11 Å². The van der Waals surface area contributed by atoms with Gasteiger partial charge in [0.2, 0.25) is 0 Å². The summed E-state index contributed by atoms with van der Waals surface area (Å²) < 4.78 is 0. The predicted molar refractivity (Wildman–Crippen MR) is 40.9 cm³/mol. The van der Waals surface area contributed by atoms with Crippen LogP contribution in [0.25, 0.3) is 0 Å². The Hall–Kier alpha value is -0.0800. The van der Waals surface area contributed by atoms with E-state index >= 15 is 0 Å². The fraction of sp³-hybridized carbons (Fsp3) is 1.00. The van der Waals surface area contributed by atoms with Crippen molar-refractivity contribution in [3.8, 4) is 0 Å². The first-order valence-electron chi connectivity index (χ1n) is 3.72. The normalized spacial score (nSPS) is 10.7. The van der Waals surface area contributed by atoms with Gasteiger partial charge in [-0.2, -0.15) is 0 Å². The molecular weight excluding hydrogens is 114 g/mol. The van der Waals surface area contributed by atoms with Crippen LogP contribution in [0.3, 0.4) is 0 Å². The zero-order chi connectivity index (χ0) is 7.11. The van der Waals surface area contributed by atoms with Crippen LogP contribution in [0.5, 0.6) is 0 Å². The minimum Gasteiger partial charge on any atom is -0.445 e. The van der Waals surface area contributed by atoms with E-state index in [1.165, 1.54) is 0 Å². The highest BCUT2D eigenvalue weighted by Crippen LogP contribution is 1.88. The van der Waals surface area contributed by atoms with E-state index in [9.17, 15) is 0 Å². The molecule has 0 radical (unpaired) electrons. The van der Waals surface area contributed by atoms with Gasteiger partial charge in [0.15, 0.2) is 0 Å². The highest BCUT2D eigenvalue weighted by atomic mass is 16.3. The van der Waals surface area contributed by atoms with E-state index in [1.807, 2.05) is 0 Å². The SMILES string of the molecule is CCN(CC)CCC[OH2+]. The molecule has 0 aromatic rings. The van der Waals surface area contributed by atoms with Gasteiger partial charge in [0.05, 0.1) is 0 Å². The molecule has 0 atom stereocenters. The van der Waals surface area contributed by atoms with Crippen molar-refractivity contribution in [2.75, 3.05) is 26.2 Å². The Morgan fingerprint density at radius 2 is 1.78 bits per heavy atom. The summed E-state index contributed by atoms with van der Waals surface area (Å²) in [6.45, 7) is 8.22. The molecule has 0 aliphatic rings. The first-order chi connectivity index (χ1) is 4.35. The topological polar surface area (TPSA) is 26.1 Å². The number of hydrogen-bond acceptors (Lipinski definition) is 1. The van der Waals surface area contributed by atoms with E-state index in [2.05, 4.69) is 18.7 Å². The van der Waals surface area contributed by atoms with Crippen molar-refractivity contribution in [3.05, 3.63) is 0 Å². The Balaban J connectivity index is 3.09. The van der Waals surface area contributed by atoms with Crippen molar-refractivity contribution in [3.63, 3.8) is 0 Å². The second-order valence-corrected chi connectivity index (χ2v) is 2.13. The molecule has 0 bridgehead atoms. The molecule has 56 valence electrons. The van der Waals surface area contributed by atoms with Crippen molar-refractivity contribution < 1.29 is 5.11 Å². The molecule has 2 heteroatoms. The maximum atomic E-state index is 6.92. The summed E-state index contributed by atoms with van der Waals surface area (Å²) in [6.07, 6.45) is 1.02. The number of rotatable bonds is 5. The van der Waals surface area contributed by atoms with Gasteiger partial charge < -0.3 is 10.0 Å². The lowest BCUT2D eigenvalue weighted by Gasteiger charge is -2.15. The molecule has 0 spiro atoms. The molecule has 9 heavy (non-hydrogen) atoms. The van der Waals surface area contributed by atoms with Crippen molar-refractivity contribution in [1.29, 1.82) is 0 Å². The first-order valence-corrected chi connectivity index (χ1v) is 3.72. The van der Waals surface area contributed by atoms with Gasteiger partial charge in [0.1, 0.15) is 6.61 Å². The van der Waals surface area contributed by atoms with Crippen LogP contribution in [0.15, 0.2) is 0 Å². The predicted octanol–water partition coefficient (Wildman–Crippen LogP) is 0.443. The molecule has 0 aromatic heterocycles. The van der Waals surface area contributed by atoms with Gasteiger partial charge in [-0.25, -0.2) is 0 Å². The van der Waals surface area contributed by atoms with Gasteiger partial charge in [0, 0.05) is 13.0 Å². The zero-order valence-corrected chi connectivity index (χ0v) is 6.48. The second-order valence-electron chi connectivity index (χ2n) is 2.13. The van der Waals surface area contributed by atoms with Crippen LogP contribution in [0.1, 0.15) is 20.3 Å². The highest BCUT2D eigenvalue weighted by molar-refractivity contribution is 4.49. The number of hydrogen-bond donors (Lipinski definition) is 0. The summed E-state index contributed by atoms with van der Waals surface area (Å²) in [5.74, 6) is 0. The Morgan fingerprint density at radius 1 is 1.22 bits per heavy atom. The molecule has 2 nitrogen and oxygen atoms in total. The van der Waals surface area contributed by atoms with Gasteiger partial charge in [-0.15, -0.1) is 0 Å². The van der Waals surface area contributed by atoms with E-state index in [0.29, 0.717) is 6.61 Å². The lowest BCUT2D eigenvalue weighted by molar-refractivity contribution is 0.236. The van der Waals surface area contributed by atoms with E-state index in [1.54, 1.807) is 0 Å². The molecule has 0 saturated heterocycles. The number of nitrogens with zero attached hydrogens (tertiary/aromatic N) is 1. The largest absolute Gasteiger partial charge is 0.445 e. The molecule has 0 unspecified atom stereocenters. The molecule has 0 amide bonds. The smallest absolute Gasteiger partial charge is 0.144 e. The third-order valence-corrected chi connectivity index (χ3v) is 1.55. The zero-order valence-electron chi connectivity index (χ0n) is 6.48. The average Bonchev–Trinajstić information content (AvgIpc) is 1.91. The van der Waals surface area contributed by atoms with Crippen LogP contribution in [0, 0.1) is 0 Å². The minimum absolute atomic E-state index is 0.566. The first kappa shape index (κ1) is 8.92. The van der Waals surface area contributed by atoms with Crippen LogP contribution in [0.4, 0.5) is 0 Å². The van der Waals surface area contributed by atoms with Gasteiger partial charge in [-0.3, -0.25) is 0 Å². The van der Waals surface area contributed by atoms with Crippen LogP contribution in [-0.2, 0) is 0 Å². The molecule has 0 saturated carbocycles. The molecule has 0 aliphatic carbocycles. The van der Waals surface area contributed by atoms with Gasteiger partial charge >= 0.3 is 0 Å². The second kappa shape index (κ2) is 6.05. The van der Waals surface area contributed by atoms with Crippen LogP contribution in [0.2, 0.25) is 0 Å². The summed E-state index contributed by atoms with van der Waals surface area (Å²) in [4.78, 5) is 2.34. The van der Waals surface area contributed by atoms with Crippen molar-refractivity contribution >= 4 is 0 Å². The van der Waals surface area contributed by atoms with Crippen molar-refractivity contribution in [2.24, 2.45) is 0 Å². The summed E-state index contributed by atoms with van der Waals surface area (Å²) in [5, 5.41) is 6.92. The summed E-state index contributed by atoms with van der Waals surface area (Å²) >= 11 is 0. The summed E-state index contributed by atoms with van der Waals surface area (Å²) in [6, 6.07) is 0. The molecule has 0 aromatic carbocycles. The Kier molecular flexibility index (Phi) is 5.99. The maximum absolute atomic E-state index is 6.92. The molecular formula is C7H18NO+. The summed E-state index contributed by atoms with van der Waals surface area (Å²) in [5.41, 5.74) is 0. The Labute approximate surface area is 57.5 Å². The average molecular weight is 132 g/mol. The molecule has 2 N–H and O–H groups in total. The fourth-order valence-electron chi connectivity index (χ4n) is 0.842. The monoisotopic (exact) mass is 132 g/mol. The van der Waals surface area contributed by atoms with Crippen molar-refractivity contribution in [2.45, 2.75) is 20.3 Å². The third-order valence-electron chi connectivity index (χ3n) is 1.55. The summed E-state index contributed by atoms with van der Waals surface area (Å²) in [7, 11) is 0. The molecule has 0 heterocycles. The lowest BCUT2D eigenvalue weighted by Crippen LogP contribution is -2.24. The van der Waals surface area contributed by atoms with Crippen LogP contribution in [-0.4, -0.2) is 36.2 Å². The molecule has 0 rings (SSSR count). The van der Waals surface area contributed by atoms with Gasteiger partial charge in [-0.1, -0.05) is 13.8 Å². The third kappa shape index (κ3) is 4.43. The Bertz CT molecular complexity index is 52.9. The van der Waals surface area contributed by atoms with Crippen molar-refractivity contribution in [1.82, 2.24) is 4.90 Å². The lowest BCUT2D eigenvalue weighted by atomic mass is 10.4. The van der Waals surface area contributed by atoms with E-state index in [0.717, 1.165) is 26.1 Å². The highest BCUT2D eigenvalue weighted by Gasteiger charge is 1.96. The van der Waals surface area contributed by atoms with Gasteiger partial charge in [0.25, 0.3) is 0 Å². The van der Waals surface area contributed by atoms with E-state index < -0.39 is 0 Å². The van der Waals surface area contributed by atoms with Gasteiger partial charge in [-0.05, 0) is 13.1 Å². The van der Waals surface area contributed by atoms with Crippen LogP contribution >= 0.6 is 0 Å². The molecule has 0 fully saturated rings. The fourth-order valence-corrected chi connectivity index (χ4v) is 0.842. The molecule has 0 aliphatic heterocycles. The Morgan fingerprint density at radius 3 is 2.11 bits per heavy atom. The minimum atomic E-state index is 0.566. The standard InChI is InChI=1S/C7H17NO/c1-3-8(4-2)6-5-7-9/h9H,3-7H2,1-2H3/p+1. The quantitative estimate of drug-likeness (QED) is 0.499. The van der Waals surface area contributed by atoms with E-state index in [-0.39, 0.29) is 0 Å². The van der Waals surface area contributed by atoms with Crippen LogP contribution < -0.4 is 0 Å².